The van der Waals surface area contributed by atoms with Crippen molar-refractivity contribution >= 4 is 27.7 Å². The first kappa shape index (κ1) is 16.2. The maximum atomic E-state index is 11.7. The van der Waals surface area contributed by atoms with Gasteiger partial charge in [-0.1, -0.05) is 0 Å². The molecule has 1 aliphatic heterocycles. The molecule has 1 rings (SSSR count). The molecule has 0 unspecified atom stereocenters. The summed E-state index contributed by atoms with van der Waals surface area (Å²) in [6, 6.07) is -0.720. The number of amides is 3. The SMILES string of the molecule is CC(C(=O)O)=C(C)C(=O)NC(=O)N1CCS(=O)(=O)CC1. The molecule has 1 heterocycles. The van der Waals surface area contributed by atoms with Gasteiger partial charge in [-0.3, -0.25) is 10.1 Å². The number of sulfone groups is 1. The van der Waals surface area contributed by atoms with Crippen LogP contribution in [0.1, 0.15) is 13.8 Å². The number of hydrogen-bond acceptors (Lipinski definition) is 5. The van der Waals surface area contributed by atoms with E-state index in [0.717, 1.165) is 0 Å². The highest BCUT2D eigenvalue weighted by Crippen LogP contribution is 2.06. The molecule has 8 nitrogen and oxygen atoms in total. The highest BCUT2D eigenvalue weighted by Gasteiger charge is 2.26. The van der Waals surface area contributed by atoms with Crippen LogP contribution < -0.4 is 5.32 Å². The van der Waals surface area contributed by atoms with Gasteiger partial charge in [0.1, 0.15) is 0 Å². The second-order valence-corrected chi connectivity index (χ2v) is 6.76. The molecule has 9 heteroatoms. The van der Waals surface area contributed by atoms with Gasteiger partial charge in [0.05, 0.1) is 11.5 Å². The van der Waals surface area contributed by atoms with Crippen molar-refractivity contribution in [3.63, 3.8) is 0 Å². The molecule has 0 atom stereocenters. The molecule has 0 spiro atoms. The third-order valence-electron chi connectivity index (χ3n) is 3.08. The van der Waals surface area contributed by atoms with Gasteiger partial charge >= 0.3 is 12.0 Å². The molecular formula is C11H16N2O6S. The zero-order valence-electron chi connectivity index (χ0n) is 11.2. The first-order valence-corrected chi connectivity index (χ1v) is 7.67. The van der Waals surface area contributed by atoms with E-state index < -0.39 is 27.7 Å². The Balaban J connectivity index is 2.66. The van der Waals surface area contributed by atoms with Crippen molar-refractivity contribution in [1.29, 1.82) is 0 Å². The molecule has 0 aliphatic carbocycles. The van der Waals surface area contributed by atoms with Gasteiger partial charge in [0.2, 0.25) is 0 Å². The Labute approximate surface area is 116 Å². The van der Waals surface area contributed by atoms with Crippen LogP contribution in [0.2, 0.25) is 0 Å². The van der Waals surface area contributed by atoms with Gasteiger partial charge in [0.25, 0.3) is 5.91 Å². The lowest BCUT2D eigenvalue weighted by Gasteiger charge is -2.26. The van der Waals surface area contributed by atoms with Gasteiger partial charge in [-0.05, 0) is 13.8 Å². The Kier molecular flexibility index (Phi) is 4.88. The number of carboxylic acids is 1. The van der Waals surface area contributed by atoms with E-state index >= 15 is 0 Å². The van der Waals surface area contributed by atoms with Crippen LogP contribution in [0.25, 0.3) is 0 Å². The van der Waals surface area contributed by atoms with E-state index in [4.69, 9.17) is 5.11 Å². The van der Waals surface area contributed by atoms with Crippen LogP contribution in [-0.4, -0.2) is 60.9 Å². The van der Waals surface area contributed by atoms with E-state index in [0.29, 0.717) is 0 Å². The molecule has 0 bridgehead atoms. The Hall–Kier alpha value is -1.90. The summed E-state index contributed by atoms with van der Waals surface area (Å²) < 4.78 is 22.4. The van der Waals surface area contributed by atoms with Crippen LogP contribution in [0.5, 0.6) is 0 Å². The number of nitrogens with zero attached hydrogens (tertiary/aromatic N) is 1. The molecule has 0 radical (unpaired) electrons. The van der Waals surface area contributed by atoms with Crippen LogP contribution in [-0.2, 0) is 19.4 Å². The van der Waals surface area contributed by atoms with Gasteiger partial charge in [-0.2, -0.15) is 0 Å². The Morgan fingerprint density at radius 1 is 1.05 bits per heavy atom. The predicted octanol–water partition coefficient (Wildman–Crippen LogP) is -0.626. The summed E-state index contributed by atoms with van der Waals surface area (Å²) in [6.45, 7) is 2.59. The van der Waals surface area contributed by atoms with Crippen LogP contribution in [0.4, 0.5) is 4.79 Å². The molecule has 0 aromatic heterocycles. The average molecular weight is 304 g/mol. The van der Waals surface area contributed by atoms with Gasteiger partial charge in [0.15, 0.2) is 9.84 Å². The minimum absolute atomic E-state index is 0.0160. The second kappa shape index (κ2) is 6.04. The summed E-state index contributed by atoms with van der Waals surface area (Å²) in [5.41, 5.74) is -0.230. The van der Waals surface area contributed by atoms with Gasteiger partial charge < -0.3 is 10.0 Å². The van der Waals surface area contributed by atoms with Gasteiger partial charge in [0, 0.05) is 24.2 Å². The molecule has 112 valence electrons. The maximum Gasteiger partial charge on any atom is 0.331 e. The zero-order chi connectivity index (χ0) is 15.5. The van der Waals surface area contributed by atoms with E-state index in [1.54, 1.807) is 0 Å². The molecular weight excluding hydrogens is 288 g/mol. The lowest BCUT2D eigenvalue weighted by atomic mass is 10.1. The van der Waals surface area contributed by atoms with Crippen molar-refractivity contribution in [2.75, 3.05) is 24.6 Å². The van der Waals surface area contributed by atoms with Crippen molar-refractivity contribution in [2.24, 2.45) is 0 Å². The van der Waals surface area contributed by atoms with E-state index in [1.165, 1.54) is 18.7 Å². The molecule has 0 aromatic rings. The number of carbonyl (C=O) groups is 3. The van der Waals surface area contributed by atoms with Crippen LogP contribution in [0.3, 0.4) is 0 Å². The summed E-state index contributed by atoms with van der Waals surface area (Å²) in [6.07, 6.45) is 0. The number of nitrogens with one attached hydrogen (secondary N) is 1. The molecule has 3 amide bonds. The highest BCUT2D eigenvalue weighted by atomic mass is 32.2. The average Bonchev–Trinajstić information content (AvgIpc) is 2.36. The third-order valence-corrected chi connectivity index (χ3v) is 4.69. The second-order valence-electron chi connectivity index (χ2n) is 4.45. The largest absolute Gasteiger partial charge is 0.478 e. The van der Waals surface area contributed by atoms with E-state index in [-0.39, 0.29) is 35.7 Å². The van der Waals surface area contributed by atoms with Crippen LogP contribution in [0, 0.1) is 0 Å². The first-order valence-electron chi connectivity index (χ1n) is 5.85. The van der Waals surface area contributed by atoms with E-state index in [1.807, 2.05) is 5.32 Å². The molecule has 1 saturated heterocycles. The topological polar surface area (TPSA) is 121 Å². The number of aliphatic carboxylic acids is 1. The number of imide groups is 1. The van der Waals surface area contributed by atoms with E-state index in [9.17, 15) is 22.8 Å². The summed E-state index contributed by atoms with van der Waals surface area (Å²) in [5.74, 6) is -2.33. The molecule has 1 fully saturated rings. The zero-order valence-corrected chi connectivity index (χ0v) is 12.0. The summed E-state index contributed by atoms with van der Waals surface area (Å²) in [7, 11) is -3.11. The minimum Gasteiger partial charge on any atom is -0.478 e. The van der Waals surface area contributed by atoms with Crippen molar-refractivity contribution in [3.05, 3.63) is 11.1 Å². The lowest BCUT2D eigenvalue weighted by molar-refractivity contribution is -0.133. The predicted molar refractivity (Wildman–Crippen MR) is 69.8 cm³/mol. The Morgan fingerprint density at radius 2 is 1.55 bits per heavy atom. The summed E-state index contributed by atoms with van der Waals surface area (Å²) in [4.78, 5) is 35.3. The van der Waals surface area contributed by atoms with Crippen molar-refractivity contribution in [1.82, 2.24) is 10.2 Å². The number of hydrogen-bond donors (Lipinski definition) is 2. The fourth-order valence-corrected chi connectivity index (χ4v) is 2.72. The highest BCUT2D eigenvalue weighted by molar-refractivity contribution is 7.91. The van der Waals surface area contributed by atoms with Gasteiger partial charge in [-0.15, -0.1) is 0 Å². The van der Waals surface area contributed by atoms with Crippen LogP contribution in [0.15, 0.2) is 11.1 Å². The smallest absolute Gasteiger partial charge is 0.331 e. The molecule has 20 heavy (non-hydrogen) atoms. The maximum absolute atomic E-state index is 11.7. The number of carbonyl (C=O) groups excluding carboxylic acids is 2. The quantitative estimate of drug-likeness (QED) is 0.655. The first-order chi connectivity index (χ1) is 9.14. The van der Waals surface area contributed by atoms with Crippen molar-refractivity contribution in [3.8, 4) is 0 Å². The molecule has 0 saturated carbocycles. The Bertz CT molecular complexity index is 564. The lowest BCUT2D eigenvalue weighted by Crippen LogP contribution is -2.49. The molecule has 2 N–H and O–H groups in total. The summed E-state index contributed by atoms with van der Waals surface area (Å²) >= 11 is 0. The monoisotopic (exact) mass is 304 g/mol. The Morgan fingerprint density at radius 3 is 2.00 bits per heavy atom. The third kappa shape index (κ3) is 4.05. The number of urea groups is 1. The minimum atomic E-state index is -3.11. The number of carboxylic acid groups (broad SMARTS) is 1. The van der Waals surface area contributed by atoms with Crippen LogP contribution >= 0.6 is 0 Å². The standard InChI is InChI=1S/C11H16N2O6S/c1-7(8(2)10(15)16)9(14)12-11(17)13-3-5-20(18,19)6-4-13/h3-6H2,1-2H3,(H,15,16)(H,12,14,17). The van der Waals surface area contributed by atoms with E-state index in [2.05, 4.69) is 0 Å². The molecule has 1 aliphatic rings. The van der Waals surface area contributed by atoms with Gasteiger partial charge in [-0.25, -0.2) is 18.0 Å². The fourth-order valence-electron chi connectivity index (χ4n) is 1.52. The number of rotatable bonds is 2. The summed E-state index contributed by atoms with van der Waals surface area (Å²) in [5, 5.41) is 10.8. The normalized spacial score (nSPS) is 19.0. The van der Waals surface area contributed by atoms with Crippen molar-refractivity contribution < 1.29 is 27.9 Å². The van der Waals surface area contributed by atoms with Crippen molar-refractivity contribution in [2.45, 2.75) is 13.8 Å². The molecule has 0 aromatic carbocycles. The fraction of sp³-hybridized carbons (Fsp3) is 0.545.